The second-order valence-electron chi connectivity index (χ2n) is 6.65. The van der Waals surface area contributed by atoms with E-state index in [2.05, 4.69) is 15.4 Å². The maximum Gasteiger partial charge on any atom is 0.350 e. The minimum atomic E-state index is -0.381. The summed E-state index contributed by atoms with van der Waals surface area (Å²) < 4.78 is 2.57. The molecule has 0 unspecified atom stereocenters. The largest absolute Gasteiger partial charge is 0.350 e. The van der Waals surface area contributed by atoms with Crippen molar-refractivity contribution in [3.63, 3.8) is 0 Å². The van der Waals surface area contributed by atoms with Crippen molar-refractivity contribution in [1.29, 1.82) is 0 Å². The Hall–Kier alpha value is -3.39. The molecule has 0 aliphatic carbocycles. The van der Waals surface area contributed by atoms with Crippen LogP contribution in [0.3, 0.4) is 0 Å². The number of aryl methyl sites for hydroxylation is 2. The van der Waals surface area contributed by atoms with Crippen LogP contribution in [0.15, 0.2) is 75.6 Å². The molecular weight excluding hydrogens is 386 g/mol. The van der Waals surface area contributed by atoms with Crippen molar-refractivity contribution >= 4 is 29.0 Å². The summed E-state index contributed by atoms with van der Waals surface area (Å²) in [5.41, 5.74) is 2.77. The number of nitrogens with zero attached hydrogens (tertiary/aromatic N) is 4. The van der Waals surface area contributed by atoms with Crippen molar-refractivity contribution in [3.05, 3.63) is 82.5 Å². The number of fused-ring (bicyclic) bond motifs is 1. The SMILES string of the molecule is Cc1ccc(C)c(NC(=O)Cn2nc3c(Sc4ccccc4)nccn3c2=O)c1. The van der Waals surface area contributed by atoms with E-state index in [9.17, 15) is 9.59 Å². The minimum absolute atomic E-state index is 0.177. The standard InChI is InChI=1S/C21H19N5O2S/c1-14-8-9-15(2)17(12-14)23-18(27)13-26-21(28)25-11-10-22-20(19(25)24-26)29-16-6-4-3-5-7-16/h3-12H,13H2,1-2H3,(H,23,27). The molecule has 0 spiro atoms. The average Bonchev–Trinajstić information content (AvgIpc) is 3.02. The fourth-order valence-corrected chi connectivity index (χ4v) is 3.76. The molecule has 29 heavy (non-hydrogen) atoms. The molecule has 0 atom stereocenters. The molecule has 2 aromatic carbocycles. The van der Waals surface area contributed by atoms with Gasteiger partial charge in [0, 0.05) is 23.0 Å². The van der Waals surface area contributed by atoms with E-state index in [-0.39, 0.29) is 18.1 Å². The number of amides is 1. The van der Waals surface area contributed by atoms with E-state index in [1.165, 1.54) is 16.2 Å². The first kappa shape index (κ1) is 18.9. The highest BCUT2D eigenvalue weighted by Crippen LogP contribution is 2.27. The van der Waals surface area contributed by atoms with Gasteiger partial charge in [0.05, 0.1) is 0 Å². The maximum atomic E-state index is 12.7. The van der Waals surface area contributed by atoms with Crippen LogP contribution in [0.5, 0.6) is 0 Å². The second-order valence-corrected chi connectivity index (χ2v) is 7.71. The van der Waals surface area contributed by atoms with Gasteiger partial charge >= 0.3 is 5.69 Å². The van der Waals surface area contributed by atoms with Crippen molar-refractivity contribution in [2.75, 3.05) is 5.32 Å². The molecule has 0 aliphatic heterocycles. The number of rotatable bonds is 5. The zero-order valence-electron chi connectivity index (χ0n) is 16.0. The fraction of sp³-hybridized carbons (Fsp3) is 0.143. The van der Waals surface area contributed by atoms with Gasteiger partial charge < -0.3 is 5.32 Å². The predicted molar refractivity (Wildman–Crippen MR) is 112 cm³/mol. The van der Waals surface area contributed by atoms with Gasteiger partial charge in [0.1, 0.15) is 11.6 Å². The molecule has 8 heteroatoms. The molecule has 0 saturated carbocycles. The van der Waals surface area contributed by atoms with Crippen molar-refractivity contribution < 1.29 is 4.79 Å². The molecule has 1 amide bonds. The maximum absolute atomic E-state index is 12.7. The van der Waals surface area contributed by atoms with E-state index in [1.807, 2.05) is 62.4 Å². The van der Waals surface area contributed by atoms with Gasteiger partial charge in [-0.3, -0.25) is 4.79 Å². The predicted octanol–water partition coefficient (Wildman–Crippen LogP) is 3.30. The third kappa shape index (κ3) is 4.07. The van der Waals surface area contributed by atoms with Gasteiger partial charge in [0.25, 0.3) is 0 Å². The highest BCUT2D eigenvalue weighted by Gasteiger charge is 2.15. The minimum Gasteiger partial charge on any atom is -0.324 e. The highest BCUT2D eigenvalue weighted by molar-refractivity contribution is 7.99. The molecule has 0 aliphatic rings. The number of benzene rings is 2. The van der Waals surface area contributed by atoms with Crippen LogP contribution in [0.25, 0.3) is 5.65 Å². The molecule has 146 valence electrons. The van der Waals surface area contributed by atoms with Crippen molar-refractivity contribution in [1.82, 2.24) is 19.2 Å². The van der Waals surface area contributed by atoms with Crippen LogP contribution >= 0.6 is 11.8 Å². The first-order valence-corrected chi connectivity index (χ1v) is 9.87. The zero-order valence-corrected chi connectivity index (χ0v) is 16.8. The van der Waals surface area contributed by atoms with Crippen LogP contribution in [-0.2, 0) is 11.3 Å². The lowest BCUT2D eigenvalue weighted by atomic mass is 10.1. The Bertz CT molecular complexity index is 1250. The molecule has 2 aromatic heterocycles. The molecule has 0 bridgehead atoms. The summed E-state index contributed by atoms with van der Waals surface area (Å²) in [7, 11) is 0. The van der Waals surface area contributed by atoms with E-state index in [0.717, 1.165) is 26.4 Å². The number of aromatic nitrogens is 4. The van der Waals surface area contributed by atoms with Crippen LogP contribution in [0.2, 0.25) is 0 Å². The van der Waals surface area contributed by atoms with Gasteiger partial charge in [-0.15, -0.1) is 5.10 Å². The zero-order chi connectivity index (χ0) is 20.4. The van der Waals surface area contributed by atoms with Gasteiger partial charge in [0.15, 0.2) is 5.65 Å². The molecule has 4 aromatic rings. The number of anilines is 1. The van der Waals surface area contributed by atoms with Gasteiger partial charge in [-0.2, -0.15) is 0 Å². The monoisotopic (exact) mass is 405 g/mol. The summed E-state index contributed by atoms with van der Waals surface area (Å²) in [6.45, 7) is 3.70. The first-order chi connectivity index (χ1) is 14.0. The fourth-order valence-electron chi connectivity index (χ4n) is 2.90. The lowest BCUT2D eigenvalue weighted by Gasteiger charge is -2.08. The van der Waals surface area contributed by atoms with Crippen LogP contribution in [0.1, 0.15) is 11.1 Å². The van der Waals surface area contributed by atoms with Crippen LogP contribution in [-0.4, -0.2) is 25.1 Å². The second kappa shape index (κ2) is 7.92. The lowest BCUT2D eigenvalue weighted by Crippen LogP contribution is -2.28. The average molecular weight is 405 g/mol. The highest BCUT2D eigenvalue weighted by atomic mass is 32.2. The summed E-state index contributed by atoms with van der Waals surface area (Å²) in [6.07, 6.45) is 3.11. The van der Waals surface area contributed by atoms with E-state index < -0.39 is 0 Å². The van der Waals surface area contributed by atoms with Gasteiger partial charge in [-0.05, 0) is 43.2 Å². The molecule has 0 radical (unpaired) electrons. The Kier molecular flexibility index (Phi) is 5.18. The molecule has 2 heterocycles. The summed E-state index contributed by atoms with van der Waals surface area (Å²) in [5, 5.41) is 7.81. The number of carbonyl (C=O) groups excluding carboxylic acids is 1. The number of hydrogen-bond acceptors (Lipinski definition) is 5. The topological polar surface area (TPSA) is 81.3 Å². The normalized spacial score (nSPS) is 11.0. The molecule has 0 fully saturated rings. The Morgan fingerprint density at radius 2 is 1.93 bits per heavy atom. The Labute approximate surface area is 171 Å². The molecule has 7 nitrogen and oxygen atoms in total. The van der Waals surface area contributed by atoms with Crippen molar-refractivity contribution in [2.24, 2.45) is 0 Å². The Morgan fingerprint density at radius 1 is 1.14 bits per heavy atom. The summed E-state index contributed by atoms with van der Waals surface area (Å²) in [5.74, 6) is -0.311. The van der Waals surface area contributed by atoms with E-state index in [0.29, 0.717) is 10.7 Å². The van der Waals surface area contributed by atoms with E-state index in [1.54, 1.807) is 12.4 Å². The molecule has 1 N–H and O–H groups in total. The third-order valence-electron chi connectivity index (χ3n) is 4.39. The summed E-state index contributed by atoms with van der Waals surface area (Å²) in [6, 6.07) is 15.6. The summed E-state index contributed by atoms with van der Waals surface area (Å²) >= 11 is 1.42. The van der Waals surface area contributed by atoms with Gasteiger partial charge in [-0.25, -0.2) is 18.9 Å². The lowest BCUT2D eigenvalue weighted by molar-refractivity contribution is -0.117. The third-order valence-corrected chi connectivity index (χ3v) is 5.38. The van der Waals surface area contributed by atoms with Gasteiger partial charge in [-0.1, -0.05) is 42.1 Å². The van der Waals surface area contributed by atoms with E-state index >= 15 is 0 Å². The summed E-state index contributed by atoms with van der Waals surface area (Å²) in [4.78, 5) is 30.5. The number of nitrogens with one attached hydrogen (secondary N) is 1. The Balaban J connectivity index is 1.60. The quantitative estimate of drug-likeness (QED) is 0.551. The molecule has 0 saturated heterocycles. The van der Waals surface area contributed by atoms with Crippen LogP contribution in [0.4, 0.5) is 5.69 Å². The smallest absolute Gasteiger partial charge is 0.324 e. The van der Waals surface area contributed by atoms with Crippen molar-refractivity contribution in [2.45, 2.75) is 30.3 Å². The van der Waals surface area contributed by atoms with Crippen molar-refractivity contribution in [3.8, 4) is 0 Å². The molecular formula is C21H19N5O2S. The van der Waals surface area contributed by atoms with E-state index in [4.69, 9.17) is 0 Å². The van der Waals surface area contributed by atoms with Crippen LogP contribution < -0.4 is 11.0 Å². The van der Waals surface area contributed by atoms with Crippen LogP contribution in [0, 0.1) is 13.8 Å². The Morgan fingerprint density at radius 3 is 2.72 bits per heavy atom. The number of hydrogen-bond donors (Lipinski definition) is 1. The number of carbonyl (C=O) groups is 1. The molecule has 4 rings (SSSR count). The van der Waals surface area contributed by atoms with Gasteiger partial charge in [0.2, 0.25) is 5.91 Å². The first-order valence-electron chi connectivity index (χ1n) is 9.05.